The Bertz CT molecular complexity index is 429. The lowest BCUT2D eigenvalue weighted by Gasteiger charge is -2.03. The molecular formula is C11H12N4O. The lowest BCUT2D eigenvalue weighted by atomic mass is 10.2. The van der Waals surface area contributed by atoms with Gasteiger partial charge in [-0.2, -0.15) is 0 Å². The van der Waals surface area contributed by atoms with Gasteiger partial charge in [0, 0.05) is 42.5 Å². The van der Waals surface area contributed by atoms with Gasteiger partial charge in [0.05, 0.1) is 6.61 Å². The van der Waals surface area contributed by atoms with Crippen LogP contribution in [-0.4, -0.2) is 33.2 Å². The minimum Gasteiger partial charge on any atom is -0.395 e. The van der Waals surface area contributed by atoms with Crippen LogP contribution in [0.15, 0.2) is 36.9 Å². The Morgan fingerprint density at radius 3 is 2.56 bits per heavy atom. The lowest BCUT2D eigenvalue weighted by Crippen LogP contribution is -2.08. The number of anilines is 1. The third-order valence-corrected chi connectivity index (χ3v) is 2.04. The normalized spacial score (nSPS) is 10.1. The Kier molecular flexibility index (Phi) is 3.40. The summed E-state index contributed by atoms with van der Waals surface area (Å²) in [4.78, 5) is 12.3. The fraction of sp³-hybridized carbons (Fsp3) is 0.182. The number of nitrogens with zero attached hydrogens (tertiary/aromatic N) is 3. The van der Waals surface area contributed by atoms with Crippen molar-refractivity contribution in [2.24, 2.45) is 0 Å². The van der Waals surface area contributed by atoms with Crippen molar-refractivity contribution in [3.05, 3.63) is 36.9 Å². The van der Waals surface area contributed by atoms with Crippen molar-refractivity contribution < 1.29 is 5.11 Å². The van der Waals surface area contributed by atoms with Crippen molar-refractivity contribution in [2.75, 3.05) is 18.5 Å². The summed E-state index contributed by atoms with van der Waals surface area (Å²) < 4.78 is 0. The van der Waals surface area contributed by atoms with Crippen LogP contribution < -0.4 is 5.32 Å². The van der Waals surface area contributed by atoms with Crippen LogP contribution in [0.2, 0.25) is 0 Å². The molecule has 0 aliphatic carbocycles. The molecule has 0 aromatic carbocycles. The maximum absolute atomic E-state index is 8.63. The van der Waals surface area contributed by atoms with Crippen molar-refractivity contribution in [3.8, 4) is 11.1 Å². The predicted molar refractivity (Wildman–Crippen MR) is 60.8 cm³/mol. The Morgan fingerprint density at radius 2 is 1.94 bits per heavy atom. The molecule has 0 bridgehead atoms. The second kappa shape index (κ2) is 5.18. The SMILES string of the molecule is OCCNc1ncc(-c2cccnc2)cn1. The Morgan fingerprint density at radius 1 is 1.12 bits per heavy atom. The first kappa shape index (κ1) is 10.5. The molecule has 0 amide bonds. The van der Waals surface area contributed by atoms with Crippen LogP contribution in [0.4, 0.5) is 5.95 Å². The molecule has 2 aromatic rings. The van der Waals surface area contributed by atoms with Crippen LogP contribution in [0.1, 0.15) is 0 Å². The molecule has 2 aromatic heterocycles. The van der Waals surface area contributed by atoms with Gasteiger partial charge in [-0.15, -0.1) is 0 Å². The third-order valence-electron chi connectivity index (χ3n) is 2.04. The van der Waals surface area contributed by atoms with Gasteiger partial charge in [-0.05, 0) is 6.07 Å². The van der Waals surface area contributed by atoms with E-state index >= 15 is 0 Å². The number of aliphatic hydroxyl groups excluding tert-OH is 1. The van der Waals surface area contributed by atoms with E-state index in [1.165, 1.54) is 0 Å². The van der Waals surface area contributed by atoms with Crippen LogP contribution in [0.3, 0.4) is 0 Å². The zero-order valence-electron chi connectivity index (χ0n) is 8.67. The Labute approximate surface area is 93.2 Å². The van der Waals surface area contributed by atoms with Gasteiger partial charge in [-0.1, -0.05) is 6.07 Å². The zero-order valence-corrected chi connectivity index (χ0v) is 8.67. The van der Waals surface area contributed by atoms with Crippen molar-refractivity contribution in [3.63, 3.8) is 0 Å². The van der Waals surface area contributed by atoms with E-state index in [4.69, 9.17) is 5.11 Å². The highest BCUT2D eigenvalue weighted by Gasteiger charge is 1.99. The quantitative estimate of drug-likeness (QED) is 0.796. The summed E-state index contributed by atoms with van der Waals surface area (Å²) in [5.74, 6) is 0.515. The number of hydrogen-bond donors (Lipinski definition) is 2. The minimum absolute atomic E-state index is 0.0632. The number of aliphatic hydroxyl groups is 1. The van der Waals surface area contributed by atoms with E-state index in [1.807, 2.05) is 12.1 Å². The molecule has 0 saturated heterocycles. The summed E-state index contributed by atoms with van der Waals surface area (Å²) >= 11 is 0. The summed E-state index contributed by atoms with van der Waals surface area (Å²) in [5, 5.41) is 11.5. The molecule has 16 heavy (non-hydrogen) atoms. The molecule has 0 aliphatic rings. The van der Waals surface area contributed by atoms with Crippen LogP contribution in [0.25, 0.3) is 11.1 Å². The Hall–Kier alpha value is -2.01. The van der Waals surface area contributed by atoms with Gasteiger partial charge in [0.1, 0.15) is 0 Å². The molecule has 0 unspecified atom stereocenters. The number of nitrogens with one attached hydrogen (secondary N) is 1. The molecular weight excluding hydrogens is 204 g/mol. The van der Waals surface area contributed by atoms with Gasteiger partial charge in [-0.3, -0.25) is 4.98 Å². The molecule has 5 heteroatoms. The highest BCUT2D eigenvalue weighted by molar-refractivity contribution is 5.60. The number of hydrogen-bond acceptors (Lipinski definition) is 5. The van der Waals surface area contributed by atoms with Gasteiger partial charge in [0.25, 0.3) is 0 Å². The maximum atomic E-state index is 8.63. The molecule has 0 saturated carbocycles. The van der Waals surface area contributed by atoms with E-state index in [9.17, 15) is 0 Å². The molecule has 2 N–H and O–H groups in total. The number of aromatic nitrogens is 3. The van der Waals surface area contributed by atoms with Crippen molar-refractivity contribution in [1.82, 2.24) is 15.0 Å². The smallest absolute Gasteiger partial charge is 0.222 e. The molecule has 0 fully saturated rings. The fourth-order valence-electron chi connectivity index (χ4n) is 1.27. The number of rotatable bonds is 4. The summed E-state index contributed by atoms with van der Waals surface area (Å²) in [5.41, 5.74) is 1.90. The van der Waals surface area contributed by atoms with Gasteiger partial charge in [0.2, 0.25) is 5.95 Å². The van der Waals surface area contributed by atoms with Crippen molar-refractivity contribution in [2.45, 2.75) is 0 Å². The van der Waals surface area contributed by atoms with Crippen molar-refractivity contribution in [1.29, 1.82) is 0 Å². The van der Waals surface area contributed by atoms with Crippen LogP contribution >= 0.6 is 0 Å². The molecule has 2 heterocycles. The second-order valence-corrected chi connectivity index (χ2v) is 3.19. The topological polar surface area (TPSA) is 70.9 Å². The fourth-order valence-corrected chi connectivity index (χ4v) is 1.27. The summed E-state index contributed by atoms with van der Waals surface area (Å²) in [6.07, 6.45) is 6.94. The molecule has 0 radical (unpaired) electrons. The standard InChI is InChI=1S/C11H12N4O/c16-5-4-13-11-14-7-10(8-15-11)9-2-1-3-12-6-9/h1-3,6-8,16H,4-5H2,(H,13,14,15). The largest absolute Gasteiger partial charge is 0.395 e. The van der Waals surface area contributed by atoms with E-state index in [0.717, 1.165) is 11.1 Å². The van der Waals surface area contributed by atoms with Crippen molar-refractivity contribution >= 4 is 5.95 Å². The molecule has 0 atom stereocenters. The summed E-state index contributed by atoms with van der Waals surface area (Å²) in [6, 6.07) is 3.82. The summed E-state index contributed by atoms with van der Waals surface area (Å²) in [7, 11) is 0. The third kappa shape index (κ3) is 2.52. The van der Waals surface area contributed by atoms with Gasteiger partial charge in [-0.25, -0.2) is 9.97 Å². The Balaban J connectivity index is 2.13. The monoisotopic (exact) mass is 216 g/mol. The average Bonchev–Trinajstić information content (AvgIpc) is 2.38. The predicted octanol–water partition coefficient (Wildman–Crippen LogP) is 0.943. The van der Waals surface area contributed by atoms with Crippen LogP contribution in [-0.2, 0) is 0 Å². The molecule has 2 rings (SSSR count). The van der Waals surface area contributed by atoms with E-state index in [1.54, 1.807) is 24.8 Å². The highest BCUT2D eigenvalue weighted by Crippen LogP contribution is 2.15. The molecule has 5 nitrogen and oxygen atoms in total. The first-order chi connectivity index (χ1) is 7.90. The maximum Gasteiger partial charge on any atom is 0.222 e. The molecule has 0 spiro atoms. The average molecular weight is 216 g/mol. The highest BCUT2D eigenvalue weighted by atomic mass is 16.3. The molecule has 82 valence electrons. The minimum atomic E-state index is 0.0632. The summed E-state index contributed by atoms with van der Waals surface area (Å²) in [6.45, 7) is 0.514. The van der Waals surface area contributed by atoms with Gasteiger partial charge < -0.3 is 10.4 Å². The van der Waals surface area contributed by atoms with Gasteiger partial charge in [0.15, 0.2) is 0 Å². The van der Waals surface area contributed by atoms with Crippen LogP contribution in [0.5, 0.6) is 0 Å². The van der Waals surface area contributed by atoms with E-state index < -0.39 is 0 Å². The van der Waals surface area contributed by atoms with E-state index in [0.29, 0.717) is 12.5 Å². The van der Waals surface area contributed by atoms with E-state index in [2.05, 4.69) is 20.3 Å². The van der Waals surface area contributed by atoms with E-state index in [-0.39, 0.29) is 6.61 Å². The van der Waals surface area contributed by atoms with Crippen LogP contribution in [0, 0.1) is 0 Å². The lowest BCUT2D eigenvalue weighted by molar-refractivity contribution is 0.311. The zero-order chi connectivity index (χ0) is 11.2. The number of pyridine rings is 1. The first-order valence-corrected chi connectivity index (χ1v) is 4.97. The van der Waals surface area contributed by atoms with Gasteiger partial charge >= 0.3 is 0 Å². The first-order valence-electron chi connectivity index (χ1n) is 4.97. The molecule has 0 aliphatic heterocycles. The second-order valence-electron chi connectivity index (χ2n) is 3.19.